The van der Waals surface area contributed by atoms with E-state index in [1.165, 1.54) is 45.6 Å². The molecule has 0 saturated carbocycles. The molecule has 5 rings (SSSR count). The normalized spacial score (nSPS) is 11.6. The minimum absolute atomic E-state index is 0.00337. The fourth-order valence-corrected chi connectivity index (χ4v) is 15.8. The van der Waals surface area contributed by atoms with Crippen LogP contribution in [-0.2, 0) is 85.0 Å². The number of benzene rings is 4. The minimum Gasteiger partial charge on any atom is -0.368 e. The van der Waals surface area contributed by atoms with Gasteiger partial charge in [-0.15, -0.1) is 0 Å². The fourth-order valence-electron chi connectivity index (χ4n) is 15.8. The van der Waals surface area contributed by atoms with Crippen LogP contribution in [0.5, 0.6) is 0 Å². The molecular weight excluding hydrogens is 1600 g/mol. The molecule has 2 atom stereocenters. The molecule has 127 heavy (non-hydrogen) atoms. The molecule has 0 bridgehead atoms. The van der Waals surface area contributed by atoms with Gasteiger partial charge < -0.3 is 76.1 Å². The molecule has 5 aromatic rings. The first-order valence-electron chi connectivity index (χ1n) is 47.9. The van der Waals surface area contributed by atoms with Gasteiger partial charge in [0.05, 0.1) is 78.3 Å². The van der Waals surface area contributed by atoms with E-state index in [1.54, 1.807) is 22.3 Å². The number of hydrogen-bond acceptors (Lipinski definition) is 15. The van der Waals surface area contributed by atoms with E-state index in [0.29, 0.717) is 64.6 Å². The zero-order chi connectivity index (χ0) is 92.0. The number of amides is 11. The van der Waals surface area contributed by atoms with Crippen LogP contribution in [0.1, 0.15) is 224 Å². The molecule has 0 aliphatic carbocycles. The summed E-state index contributed by atoms with van der Waals surface area (Å²) in [5.41, 5.74) is 21.7. The highest BCUT2D eigenvalue weighted by Crippen LogP contribution is 2.21. The molecule has 0 radical (unpaired) electrons. The van der Waals surface area contributed by atoms with E-state index in [2.05, 4.69) is 51.8 Å². The molecule has 1 aromatic heterocycles. The number of aryl methyl sites for hydroxylation is 1. The Morgan fingerprint density at radius 1 is 0.323 bits per heavy atom. The van der Waals surface area contributed by atoms with E-state index in [-0.39, 0.29) is 128 Å². The third-order valence-electron chi connectivity index (χ3n) is 23.9. The summed E-state index contributed by atoms with van der Waals surface area (Å²) in [5.74, 6) is -5.43. The van der Waals surface area contributed by atoms with E-state index in [1.807, 2.05) is 132 Å². The first-order chi connectivity index (χ1) is 61.6. The number of rotatable bonds is 72. The van der Waals surface area contributed by atoms with E-state index in [0.717, 1.165) is 157 Å². The summed E-state index contributed by atoms with van der Waals surface area (Å²) in [4.78, 5) is 183. The molecule has 11 amide bonds. The number of nitrogens with two attached hydrogens (primary N) is 3. The number of primary amides is 1. The highest BCUT2D eigenvalue weighted by Gasteiger charge is 2.34. The Bertz CT molecular complexity index is 3880. The highest BCUT2D eigenvalue weighted by molar-refractivity contribution is 5.95. The van der Waals surface area contributed by atoms with Gasteiger partial charge in [0.1, 0.15) is 0 Å². The Labute approximate surface area is 760 Å². The minimum atomic E-state index is -0.645. The van der Waals surface area contributed by atoms with Crippen LogP contribution in [0.15, 0.2) is 140 Å². The first-order valence-corrected chi connectivity index (χ1v) is 47.9. The van der Waals surface area contributed by atoms with Gasteiger partial charge in [-0.05, 0) is 98.4 Å². The van der Waals surface area contributed by atoms with Crippen molar-refractivity contribution < 1.29 is 52.7 Å². The Morgan fingerprint density at radius 2 is 0.598 bits per heavy atom. The number of nitrogens with one attached hydrogen (secondary N) is 1. The van der Waals surface area contributed by atoms with E-state index < -0.39 is 92.4 Å². The number of unbranched alkanes of at least 4 members (excludes halogenated alkanes) is 16. The van der Waals surface area contributed by atoms with Crippen LogP contribution in [0.3, 0.4) is 0 Å². The van der Waals surface area contributed by atoms with Crippen LogP contribution in [0, 0.1) is 11.8 Å². The number of carbonyl (C=O) groups is 11. The van der Waals surface area contributed by atoms with Crippen molar-refractivity contribution in [1.29, 1.82) is 0 Å². The third-order valence-corrected chi connectivity index (χ3v) is 23.9. The summed E-state index contributed by atoms with van der Waals surface area (Å²) in [6, 6.07) is 38.0. The highest BCUT2D eigenvalue weighted by atomic mass is 16.2. The molecule has 7 N–H and O–H groups in total. The first kappa shape index (κ1) is 108. The maximum absolute atomic E-state index is 15.7. The second-order valence-corrected chi connectivity index (χ2v) is 34.2. The van der Waals surface area contributed by atoms with Crippen molar-refractivity contribution in [2.75, 3.05) is 157 Å². The Kier molecular flexibility index (Phi) is 55.7. The van der Waals surface area contributed by atoms with E-state index in [9.17, 15) is 19.2 Å². The van der Waals surface area contributed by atoms with Crippen LogP contribution >= 0.6 is 0 Å². The maximum atomic E-state index is 15.7. The van der Waals surface area contributed by atoms with Crippen LogP contribution in [-0.4, -0.2) is 281 Å². The largest absolute Gasteiger partial charge is 0.368 e. The average molecular weight is 1760 g/mol. The standard InChI is InChI=1S/C100H158N16O11/c1-7-13-17-19-21-23-25-39-61-107(81-100(127)116(72-85(12-6)43-16-10-4)82-98(125)108(62-40-26-24-22-20-18-14-8-2)80-99(126)115(73-90(103)117)71-84(11-5)42-15-9-3)92(119)74-109(63-52-86-44-31-27-32-45-86)93(120)76-111(65-54-88-48-35-29-36-49-88)96(123)79-114(68-57-102)97(124)77-112(66-55-89-50-37-30-38-51-89)94(121)75-110(64-53-87-46-33-28-34-47-87)95(122)78-113(67-56-101)91(118)70-104-58-41-60-106-69-59-105-83-106/h27-38,44-51,59,69,83-85,104H,7-26,39-43,52-58,60-68,70-82,101-102H2,1-6H3,(H2,103,117). The van der Waals surface area contributed by atoms with E-state index >= 15 is 33.6 Å². The maximum Gasteiger partial charge on any atom is 0.242 e. The predicted molar refractivity (Wildman–Crippen MR) is 505 cm³/mol. The predicted octanol–water partition coefficient (Wildman–Crippen LogP) is 11.2. The van der Waals surface area contributed by atoms with Gasteiger partial charge in [0.15, 0.2) is 0 Å². The summed E-state index contributed by atoms with van der Waals surface area (Å²) in [6.45, 7) is 10.9. The number of imidazole rings is 1. The smallest absolute Gasteiger partial charge is 0.242 e. The molecule has 1 heterocycles. The zero-order valence-electron chi connectivity index (χ0n) is 78.2. The molecular formula is C100H158N16O11. The van der Waals surface area contributed by atoms with Gasteiger partial charge in [-0.3, -0.25) is 52.7 Å². The molecule has 0 aliphatic rings. The Morgan fingerprint density at radius 3 is 0.890 bits per heavy atom. The Balaban J connectivity index is 1.51. The van der Waals surface area contributed by atoms with Gasteiger partial charge in [0.25, 0.3) is 0 Å². The third kappa shape index (κ3) is 45.1. The van der Waals surface area contributed by atoms with Gasteiger partial charge in [-0.25, -0.2) is 4.98 Å². The molecule has 27 nitrogen and oxygen atoms in total. The lowest BCUT2D eigenvalue weighted by Crippen LogP contribution is -2.54. The molecule has 0 spiro atoms. The van der Waals surface area contributed by atoms with Crippen LogP contribution in [0.25, 0.3) is 0 Å². The van der Waals surface area contributed by atoms with Gasteiger partial charge in [0.2, 0.25) is 65.0 Å². The van der Waals surface area contributed by atoms with Crippen LogP contribution in [0.4, 0.5) is 0 Å². The molecule has 2 unspecified atom stereocenters. The Hall–Kier alpha value is -9.86. The van der Waals surface area contributed by atoms with Gasteiger partial charge in [-0.1, -0.05) is 291 Å². The fraction of sp³-hybridized carbons (Fsp3) is 0.620. The summed E-state index contributed by atoms with van der Waals surface area (Å²) in [7, 11) is 0. The lowest BCUT2D eigenvalue weighted by atomic mass is 9.98. The van der Waals surface area contributed by atoms with Crippen molar-refractivity contribution in [3.63, 3.8) is 0 Å². The van der Waals surface area contributed by atoms with Gasteiger partial charge in [0, 0.05) is 97.5 Å². The van der Waals surface area contributed by atoms with Gasteiger partial charge in [-0.2, -0.15) is 0 Å². The molecule has 0 fully saturated rings. The molecule has 0 saturated heterocycles. The van der Waals surface area contributed by atoms with Crippen molar-refractivity contribution in [1.82, 2.24) is 63.9 Å². The monoisotopic (exact) mass is 1760 g/mol. The summed E-state index contributed by atoms with van der Waals surface area (Å²) < 4.78 is 1.94. The summed E-state index contributed by atoms with van der Waals surface area (Å²) >= 11 is 0. The molecule has 704 valence electrons. The molecule has 4 aromatic carbocycles. The number of aromatic nitrogens is 2. The summed E-state index contributed by atoms with van der Waals surface area (Å²) in [5, 5.41) is 3.18. The number of nitrogens with zero attached hydrogens (tertiary/aromatic N) is 12. The van der Waals surface area contributed by atoms with Crippen molar-refractivity contribution >= 4 is 65.0 Å². The molecule has 27 heteroatoms. The number of carbonyl (C=O) groups excluding carboxylic acids is 11. The van der Waals surface area contributed by atoms with Crippen LogP contribution < -0.4 is 22.5 Å². The second-order valence-electron chi connectivity index (χ2n) is 34.2. The quantitative estimate of drug-likeness (QED) is 0.0263. The van der Waals surface area contributed by atoms with Crippen LogP contribution in [0.2, 0.25) is 0 Å². The lowest BCUT2D eigenvalue weighted by molar-refractivity contribution is -0.149. The van der Waals surface area contributed by atoms with Crippen molar-refractivity contribution in [2.45, 2.75) is 234 Å². The average Bonchev–Trinajstić information content (AvgIpc) is 1.06. The SMILES string of the molecule is CCCCCCCCCCN(CC(=O)N(CC(=O)N(CCCCCCCCCC)CC(=O)N(CC(N)=O)CC(CC)CCCC)CC(CC)CCCC)C(=O)CN(CCc1ccccc1)C(=O)CN(CCc1ccccc1)C(=O)CN(CCN)C(=O)CN(CCc1ccccc1)C(=O)CN(CCc1ccccc1)C(=O)CN(CCN)C(=O)CNCCCn1ccnc1. The molecule has 0 aliphatic heterocycles. The zero-order valence-corrected chi connectivity index (χ0v) is 78.2. The van der Waals surface area contributed by atoms with Crippen molar-refractivity contribution in [2.24, 2.45) is 29.0 Å². The van der Waals surface area contributed by atoms with Crippen molar-refractivity contribution in [3.8, 4) is 0 Å². The van der Waals surface area contributed by atoms with Crippen molar-refractivity contribution in [3.05, 3.63) is 162 Å². The number of hydrogen-bond donors (Lipinski definition) is 4. The van der Waals surface area contributed by atoms with E-state index in [4.69, 9.17) is 17.2 Å². The topological polar surface area (TPSA) is 328 Å². The second kappa shape index (κ2) is 65.7. The van der Waals surface area contributed by atoms with Gasteiger partial charge >= 0.3 is 0 Å². The summed E-state index contributed by atoms with van der Waals surface area (Å²) in [6.07, 6.45) is 30.0. The lowest BCUT2D eigenvalue weighted by Gasteiger charge is -2.34.